The van der Waals surface area contributed by atoms with E-state index in [0.29, 0.717) is 5.82 Å². The van der Waals surface area contributed by atoms with Crippen molar-refractivity contribution in [3.05, 3.63) is 23.3 Å². The molecule has 3 N–H and O–H groups in total. The van der Waals surface area contributed by atoms with Gasteiger partial charge in [-0.05, 0) is 18.4 Å². The monoisotopic (exact) mass is 330 g/mol. The van der Waals surface area contributed by atoms with E-state index in [1.807, 2.05) is 0 Å². The smallest absolute Gasteiger partial charge is 0.250 e. The number of nitrogens with one attached hydrogen (secondary N) is 3. The van der Waals surface area contributed by atoms with E-state index in [9.17, 15) is 13.2 Å². The molecule has 2 aromatic heterocycles. The van der Waals surface area contributed by atoms with Crippen LogP contribution in [-0.2, 0) is 14.8 Å². The molecule has 1 atom stereocenters. The molecular formula is C10H14N6O3S2. The molecule has 0 bridgehead atoms. The average Bonchev–Trinajstić information content (AvgIpc) is 3.12. The molecule has 0 aromatic carbocycles. The molecule has 1 unspecified atom stereocenters. The van der Waals surface area contributed by atoms with Gasteiger partial charge in [0.15, 0.2) is 5.82 Å². The molecule has 1 amide bonds. The fourth-order valence-electron chi connectivity index (χ4n) is 1.52. The van der Waals surface area contributed by atoms with Crippen molar-refractivity contribution in [2.45, 2.75) is 23.6 Å². The molecule has 0 saturated heterocycles. The largest absolute Gasteiger partial charge is 0.346 e. The molecule has 9 nitrogen and oxygen atoms in total. The van der Waals surface area contributed by atoms with Gasteiger partial charge in [-0.3, -0.25) is 4.79 Å². The molecule has 114 valence electrons. The molecule has 21 heavy (non-hydrogen) atoms. The van der Waals surface area contributed by atoms with Crippen LogP contribution < -0.4 is 10.0 Å². The standard InChI is InChI=1S/C10H14N6O3S2/c1-7(10-13-15-16-14-10)12-8(17)4-5-11-21(18,19)9-3-2-6-20-9/h2-3,6-7,11H,4-5H2,1H3,(H,12,17)(H,13,14,15,16). The number of hydrogen-bond donors (Lipinski definition) is 3. The highest BCUT2D eigenvalue weighted by atomic mass is 32.2. The number of sulfonamides is 1. The van der Waals surface area contributed by atoms with Crippen LogP contribution in [0.15, 0.2) is 21.7 Å². The molecule has 2 aromatic rings. The van der Waals surface area contributed by atoms with Crippen molar-refractivity contribution in [2.75, 3.05) is 6.54 Å². The maximum atomic E-state index is 11.8. The predicted octanol–water partition coefficient (Wildman–Crippen LogP) is -0.193. The first-order valence-electron chi connectivity index (χ1n) is 6.05. The van der Waals surface area contributed by atoms with Crippen molar-refractivity contribution < 1.29 is 13.2 Å². The van der Waals surface area contributed by atoms with Crippen LogP contribution in [0.3, 0.4) is 0 Å². The van der Waals surface area contributed by atoms with Gasteiger partial charge in [-0.25, -0.2) is 13.1 Å². The first-order valence-corrected chi connectivity index (χ1v) is 8.41. The second-order valence-electron chi connectivity index (χ2n) is 4.14. The highest BCUT2D eigenvalue weighted by molar-refractivity contribution is 7.91. The van der Waals surface area contributed by atoms with E-state index in [2.05, 4.69) is 30.7 Å². The van der Waals surface area contributed by atoms with E-state index < -0.39 is 16.1 Å². The normalized spacial score (nSPS) is 13.0. The quantitative estimate of drug-likeness (QED) is 0.645. The number of H-pyrrole nitrogens is 1. The molecule has 0 spiro atoms. The summed E-state index contributed by atoms with van der Waals surface area (Å²) in [5.41, 5.74) is 0. The van der Waals surface area contributed by atoms with E-state index in [-0.39, 0.29) is 23.1 Å². The van der Waals surface area contributed by atoms with Gasteiger partial charge in [-0.15, -0.1) is 21.5 Å². The topological polar surface area (TPSA) is 130 Å². The summed E-state index contributed by atoms with van der Waals surface area (Å²) >= 11 is 1.12. The maximum Gasteiger partial charge on any atom is 0.250 e. The maximum absolute atomic E-state index is 11.8. The van der Waals surface area contributed by atoms with Gasteiger partial charge in [0.25, 0.3) is 0 Å². The highest BCUT2D eigenvalue weighted by Gasteiger charge is 2.16. The summed E-state index contributed by atoms with van der Waals surface area (Å²) < 4.78 is 26.2. The zero-order valence-electron chi connectivity index (χ0n) is 11.1. The minimum atomic E-state index is -3.54. The Kier molecular flexibility index (Phi) is 4.98. The van der Waals surface area contributed by atoms with Gasteiger partial charge >= 0.3 is 0 Å². The Labute approximate surface area is 125 Å². The fraction of sp³-hybridized carbons (Fsp3) is 0.400. The van der Waals surface area contributed by atoms with E-state index in [4.69, 9.17) is 0 Å². The minimum Gasteiger partial charge on any atom is -0.346 e. The predicted molar refractivity (Wildman–Crippen MR) is 74.9 cm³/mol. The second kappa shape index (κ2) is 6.74. The van der Waals surface area contributed by atoms with Crippen LogP contribution in [0.2, 0.25) is 0 Å². The number of rotatable bonds is 7. The third-order valence-electron chi connectivity index (χ3n) is 2.53. The van der Waals surface area contributed by atoms with Gasteiger partial charge in [0, 0.05) is 13.0 Å². The highest BCUT2D eigenvalue weighted by Crippen LogP contribution is 2.15. The number of nitrogens with zero attached hydrogens (tertiary/aromatic N) is 3. The van der Waals surface area contributed by atoms with Gasteiger partial charge in [0.1, 0.15) is 4.21 Å². The Balaban J connectivity index is 1.77. The lowest BCUT2D eigenvalue weighted by Crippen LogP contribution is -2.32. The number of thiophene rings is 1. The summed E-state index contributed by atoms with van der Waals surface area (Å²) in [7, 11) is -3.54. The molecule has 11 heteroatoms. The van der Waals surface area contributed by atoms with E-state index in [0.717, 1.165) is 11.3 Å². The van der Waals surface area contributed by atoms with Crippen LogP contribution in [0.25, 0.3) is 0 Å². The molecule has 0 fully saturated rings. The van der Waals surface area contributed by atoms with E-state index in [1.165, 1.54) is 6.07 Å². The number of tetrazole rings is 1. The van der Waals surface area contributed by atoms with Gasteiger partial charge in [0.2, 0.25) is 15.9 Å². The lowest BCUT2D eigenvalue weighted by molar-refractivity contribution is -0.121. The summed E-state index contributed by atoms with van der Waals surface area (Å²) in [6.07, 6.45) is 0.0206. The Bertz CT molecular complexity index is 668. The molecule has 2 rings (SSSR count). The van der Waals surface area contributed by atoms with Crippen molar-refractivity contribution in [1.82, 2.24) is 30.7 Å². The molecule has 0 radical (unpaired) electrons. The third kappa shape index (κ3) is 4.31. The van der Waals surface area contributed by atoms with E-state index >= 15 is 0 Å². The summed E-state index contributed by atoms with van der Waals surface area (Å²) in [5, 5.41) is 17.5. The number of aromatic amines is 1. The van der Waals surface area contributed by atoms with Crippen molar-refractivity contribution in [2.24, 2.45) is 0 Å². The summed E-state index contributed by atoms with van der Waals surface area (Å²) in [5.74, 6) is 0.0590. The van der Waals surface area contributed by atoms with Crippen molar-refractivity contribution in [1.29, 1.82) is 0 Å². The lowest BCUT2D eigenvalue weighted by Gasteiger charge is -2.10. The molecule has 0 saturated carbocycles. The Hall–Kier alpha value is -1.85. The minimum absolute atomic E-state index is 0.0189. The van der Waals surface area contributed by atoms with E-state index in [1.54, 1.807) is 18.4 Å². The lowest BCUT2D eigenvalue weighted by atomic mass is 10.3. The number of carbonyl (C=O) groups excluding carboxylic acids is 1. The fourth-order valence-corrected chi connectivity index (χ4v) is 3.59. The summed E-state index contributed by atoms with van der Waals surface area (Å²) in [4.78, 5) is 11.7. The zero-order valence-corrected chi connectivity index (χ0v) is 12.7. The number of amides is 1. The first-order chi connectivity index (χ1) is 9.99. The van der Waals surface area contributed by atoms with Gasteiger partial charge in [0.05, 0.1) is 6.04 Å². The van der Waals surface area contributed by atoms with Crippen molar-refractivity contribution in [3.63, 3.8) is 0 Å². The van der Waals surface area contributed by atoms with Crippen LogP contribution in [0.5, 0.6) is 0 Å². The van der Waals surface area contributed by atoms with Crippen LogP contribution in [0.1, 0.15) is 25.2 Å². The SMILES string of the molecule is CC(NC(=O)CCNS(=O)(=O)c1cccs1)c1nn[nH]n1. The Morgan fingerprint density at radius 2 is 2.33 bits per heavy atom. The molecular weight excluding hydrogens is 316 g/mol. The van der Waals surface area contributed by atoms with Gasteiger partial charge < -0.3 is 5.32 Å². The van der Waals surface area contributed by atoms with Crippen LogP contribution >= 0.6 is 11.3 Å². The van der Waals surface area contributed by atoms with Crippen LogP contribution in [-0.4, -0.2) is 41.5 Å². The van der Waals surface area contributed by atoms with Crippen LogP contribution in [0, 0.1) is 0 Å². The number of carbonyl (C=O) groups is 1. The number of aromatic nitrogens is 4. The third-order valence-corrected chi connectivity index (χ3v) is 5.39. The zero-order chi connectivity index (χ0) is 15.3. The Morgan fingerprint density at radius 3 is 2.95 bits per heavy atom. The molecule has 2 heterocycles. The van der Waals surface area contributed by atoms with Gasteiger partial charge in [-0.1, -0.05) is 11.3 Å². The van der Waals surface area contributed by atoms with Crippen LogP contribution in [0.4, 0.5) is 0 Å². The van der Waals surface area contributed by atoms with Crippen molar-refractivity contribution >= 4 is 27.3 Å². The molecule has 0 aliphatic rings. The second-order valence-corrected chi connectivity index (χ2v) is 7.08. The molecule has 0 aliphatic carbocycles. The Morgan fingerprint density at radius 1 is 1.52 bits per heavy atom. The van der Waals surface area contributed by atoms with Gasteiger partial charge in [-0.2, -0.15) is 5.21 Å². The first kappa shape index (κ1) is 15.5. The summed E-state index contributed by atoms with van der Waals surface area (Å²) in [6.45, 7) is 1.73. The number of hydrogen-bond acceptors (Lipinski definition) is 7. The van der Waals surface area contributed by atoms with Crippen molar-refractivity contribution in [3.8, 4) is 0 Å². The summed E-state index contributed by atoms with van der Waals surface area (Å²) in [6, 6.07) is 2.76. The average molecular weight is 330 g/mol. The molecule has 0 aliphatic heterocycles.